The number of amides is 1. The van der Waals surface area contributed by atoms with Gasteiger partial charge in [-0.2, -0.15) is 0 Å². The Morgan fingerprint density at radius 3 is 2.44 bits per heavy atom. The highest BCUT2D eigenvalue weighted by Crippen LogP contribution is 2.43. The van der Waals surface area contributed by atoms with Gasteiger partial charge in [0.1, 0.15) is 34.9 Å². The number of rotatable bonds is 4. The molecular weight excluding hydrogens is 522 g/mol. The number of para-hydroxylation sites is 1. The number of carbonyl (C=O) groups excluding carboxylic acids is 1. The lowest BCUT2D eigenvalue weighted by atomic mass is 10.1. The van der Waals surface area contributed by atoms with Gasteiger partial charge < -0.3 is 24.7 Å². The number of carbonyl (C=O) groups is 1. The van der Waals surface area contributed by atoms with E-state index in [1.54, 1.807) is 4.90 Å². The van der Waals surface area contributed by atoms with Crippen LogP contribution in [0.25, 0.3) is 22.2 Å². The SMILES string of the molecule is CC(C)(C)OC(=O)N1CCC(n2c(Br)c(-c3ccc(Oc4ccccc4)cc3)c3c(N)ncnc32)C1. The van der Waals surface area contributed by atoms with Gasteiger partial charge in [-0.15, -0.1) is 0 Å². The average molecular weight is 550 g/mol. The number of fused-ring (bicyclic) bond motifs is 1. The quantitative estimate of drug-likeness (QED) is 0.315. The molecule has 2 aromatic carbocycles. The third-order valence-electron chi connectivity index (χ3n) is 6.05. The minimum atomic E-state index is -0.541. The normalized spacial score (nSPS) is 15.9. The molecule has 4 aromatic rings. The van der Waals surface area contributed by atoms with E-state index in [2.05, 4.69) is 30.5 Å². The Bertz CT molecular complexity index is 1400. The second-order valence-electron chi connectivity index (χ2n) is 9.80. The van der Waals surface area contributed by atoms with Crippen molar-refractivity contribution in [1.29, 1.82) is 0 Å². The van der Waals surface area contributed by atoms with E-state index < -0.39 is 5.60 Å². The molecule has 1 saturated heterocycles. The lowest BCUT2D eigenvalue weighted by Gasteiger charge is -2.24. The van der Waals surface area contributed by atoms with E-state index in [0.29, 0.717) is 18.9 Å². The third-order valence-corrected chi connectivity index (χ3v) is 6.83. The Labute approximate surface area is 218 Å². The van der Waals surface area contributed by atoms with Crippen LogP contribution in [0, 0.1) is 0 Å². The van der Waals surface area contributed by atoms with Crippen LogP contribution < -0.4 is 10.5 Å². The van der Waals surface area contributed by atoms with E-state index in [0.717, 1.165) is 44.7 Å². The first-order chi connectivity index (χ1) is 17.2. The molecule has 5 rings (SSSR count). The van der Waals surface area contributed by atoms with Crippen LogP contribution in [0.4, 0.5) is 10.6 Å². The molecule has 1 fully saturated rings. The predicted octanol–water partition coefficient (Wildman–Crippen LogP) is 6.42. The summed E-state index contributed by atoms with van der Waals surface area (Å²) in [7, 11) is 0. The van der Waals surface area contributed by atoms with Crippen LogP contribution in [-0.4, -0.2) is 44.2 Å². The Morgan fingerprint density at radius 1 is 1.06 bits per heavy atom. The van der Waals surface area contributed by atoms with Crippen LogP contribution in [-0.2, 0) is 4.74 Å². The van der Waals surface area contributed by atoms with Crippen LogP contribution in [0.3, 0.4) is 0 Å². The monoisotopic (exact) mass is 549 g/mol. The summed E-state index contributed by atoms with van der Waals surface area (Å²) in [6.07, 6.45) is 1.94. The Morgan fingerprint density at radius 2 is 1.75 bits per heavy atom. The summed E-state index contributed by atoms with van der Waals surface area (Å²) in [5.41, 5.74) is 8.40. The fourth-order valence-corrected chi connectivity index (χ4v) is 5.37. The van der Waals surface area contributed by atoms with E-state index in [1.807, 2.05) is 75.4 Å². The standard InChI is InChI=1S/C27H28BrN5O3/c1-27(2,3)36-26(34)32-14-13-18(15-32)33-23(28)21(22-24(29)30-16-31-25(22)33)17-9-11-20(12-10-17)35-19-7-5-4-6-8-19/h4-12,16,18H,13-15H2,1-3H3,(H2,29,30,31). The highest BCUT2D eigenvalue weighted by molar-refractivity contribution is 9.10. The van der Waals surface area contributed by atoms with Crippen LogP contribution in [0.15, 0.2) is 65.5 Å². The van der Waals surface area contributed by atoms with Gasteiger partial charge in [-0.25, -0.2) is 14.8 Å². The maximum absolute atomic E-state index is 12.7. The zero-order chi connectivity index (χ0) is 25.4. The topological polar surface area (TPSA) is 95.5 Å². The smallest absolute Gasteiger partial charge is 0.410 e. The van der Waals surface area contributed by atoms with Gasteiger partial charge >= 0.3 is 6.09 Å². The summed E-state index contributed by atoms with van der Waals surface area (Å²) in [6, 6.07) is 17.5. The molecule has 1 aliphatic heterocycles. The molecule has 3 heterocycles. The minimum Gasteiger partial charge on any atom is -0.457 e. The van der Waals surface area contributed by atoms with Crippen LogP contribution in [0.1, 0.15) is 33.2 Å². The van der Waals surface area contributed by atoms with E-state index in [9.17, 15) is 4.79 Å². The molecule has 36 heavy (non-hydrogen) atoms. The van der Waals surface area contributed by atoms with Gasteiger partial charge in [-0.1, -0.05) is 30.3 Å². The second-order valence-corrected chi connectivity index (χ2v) is 10.6. The van der Waals surface area contributed by atoms with Gasteiger partial charge in [0, 0.05) is 18.7 Å². The van der Waals surface area contributed by atoms with Crippen LogP contribution >= 0.6 is 15.9 Å². The molecule has 2 N–H and O–H groups in total. The van der Waals surface area contributed by atoms with E-state index in [-0.39, 0.29) is 12.1 Å². The highest BCUT2D eigenvalue weighted by Gasteiger charge is 2.34. The average Bonchev–Trinajstić information content (AvgIpc) is 3.42. The number of hydrogen-bond acceptors (Lipinski definition) is 6. The van der Waals surface area contributed by atoms with Crippen molar-refractivity contribution in [2.45, 2.75) is 38.8 Å². The number of halogens is 1. The van der Waals surface area contributed by atoms with Crippen molar-refractivity contribution in [3.05, 3.63) is 65.5 Å². The zero-order valence-electron chi connectivity index (χ0n) is 20.4. The van der Waals surface area contributed by atoms with Crippen molar-refractivity contribution in [3.8, 4) is 22.6 Å². The van der Waals surface area contributed by atoms with Crippen molar-refractivity contribution in [3.63, 3.8) is 0 Å². The summed E-state index contributed by atoms with van der Waals surface area (Å²) >= 11 is 3.83. The first-order valence-electron chi connectivity index (χ1n) is 11.8. The lowest BCUT2D eigenvalue weighted by Crippen LogP contribution is -2.35. The van der Waals surface area contributed by atoms with Crippen molar-refractivity contribution in [1.82, 2.24) is 19.4 Å². The molecule has 9 heteroatoms. The molecular formula is C27H28BrN5O3. The molecule has 1 unspecified atom stereocenters. The second kappa shape index (κ2) is 9.46. The zero-order valence-corrected chi connectivity index (χ0v) is 22.0. The molecule has 8 nitrogen and oxygen atoms in total. The molecule has 1 aliphatic rings. The Balaban J connectivity index is 1.48. The molecule has 0 saturated carbocycles. The summed E-state index contributed by atoms with van der Waals surface area (Å²) in [6.45, 7) is 6.74. The van der Waals surface area contributed by atoms with Gasteiger partial charge in [0.15, 0.2) is 0 Å². The number of likely N-dealkylation sites (tertiary alicyclic amines) is 1. The predicted molar refractivity (Wildman–Crippen MR) is 143 cm³/mol. The van der Waals surface area contributed by atoms with Gasteiger partial charge in [0.05, 0.1) is 16.0 Å². The molecule has 0 spiro atoms. The van der Waals surface area contributed by atoms with Gasteiger partial charge in [0.25, 0.3) is 0 Å². The van der Waals surface area contributed by atoms with E-state index >= 15 is 0 Å². The maximum atomic E-state index is 12.7. The van der Waals surface area contributed by atoms with Crippen molar-refractivity contribution in [2.75, 3.05) is 18.8 Å². The van der Waals surface area contributed by atoms with Crippen molar-refractivity contribution in [2.24, 2.45) is 0 Å². The molecule has 186 valence electrons. The number of aromatic nitrogens is 3. The maximum Gasteiger partial charge on any atom is 0.410 e. The summed E-state index contributed by atoms with van der Waals surface area (Å²) < 4.78 is 14.5. The number of nitrogens with zero attached hydrogens (tertiary/aromatic N) is 4. The number of ether oxygens (including phenoxy) is 2. The van der Waals surface area contributed by atoms with Gasteiger partial charge in [0.2, 0.25) is 0 Å². The van der Waals surface area contributed by atoms with Crippen molar-refractivity contribution < 1.29 is 14.3 Å². The fraction of sp³-hybridized carbons (Fsp3) is 0.296. The fourth-order valence-electron chi connectivity index (χ4n) is 4.48. The summed E-state index contributed by atoms with van der Waals surface area (Å²) in [5.74, 6) is 1.91. The summed E-state index contributed by atoms with van der Waals surface area (Å²) in [4.78, 5) is 23.2. The molecule has 1 atom stereocenters. The van der Waals surface area contributed by atoms with Crippen LogP contribution in [0.2, 0.25) is 0 Å². The number of anilines is 1. The van der Waals surface area contributed by atoms with Gasteiger partial charge in [-0.05, 0) is 73.0 Å². The minimum absolute atomic E-state index is 0.0122. The molecule has 0 bridgehead atoms. The number of nitrogens with two attached hydrogens (primary N) is 1. The highest BCUT2D eigenvalue weighted by atomic mass is 79.9. The Hall–Kier alpha value is -3.59. The number of benzene rings is 2. The van der Waals surface area contributed by atoms with Crippen molar-refractivity contribution >= 4 is 38.9 Å². The molecule has 0 aliphatic carbocycles. The Kier molecular flexibility index (Phi) is 6.34. The molecule has 1 amide bonds. The molecule has 2 aromatic heterocycles. The van der Waals surface area contributed by atoms with E-state index in [4.69, 9.17) is 15.2 Å². The third kappa shape index (κ3) is 4.75. The molecule has 0 radical (unpaired) electrons. The first kappa shape index (κ1) is 24.1. The lowest BCUT2D eigenvalue weighted by molar-refractivity contribution is 0.0289. The number of hydrogen-bond donors (Lipinski definition) is 1. The van der Waals surface area contributed by atoms with Gasteiger partial charge in [-0.3, -0.25) is 0 Å². The number of nitrogen functional groups attached to an aromatic ring is 1. The summed E-state index contributed by atoms with van der Waals surface area (Å²) in [5, 5.41) is 0.775. The van der Waals surface area contributed by atoms with Crippen LogP contribution in [0.5, 0.6) is 11.5 Å². The largest absolute Gasteiger partial charge is 0.457 e. The first-order valence-corrected chi connectivity index (χ1v) is 12.6. The van der Waals surface area contributed by atoms with E-state index in [1.165, 1.54) is 6.33 Å².